The summed E-state index contributed by atoms with van der Waals surface area (Å²) in [6.45, 7) is 3.38. The van der Waals surface area contributed by atoms with Crippen LogP contribution in [0, 0.1) is 0 Å². The number of aliphatic hydroxyl groups excluding tert-OH is 1. The van der Waals surface area contributed by atoms with E-state index in [1.165, 1.54) is 6.07 Å². The number of anilines is 1. The summed E-state index contributed by atoms with van der Waals surface area (Å²) in [5.74, 6) is 0.360. The smallest absolute Gasteiger partial charge is 0.395 e. The predicted octanol–water partition coefficient (Wildman–Crippen LogP) is 1.21. The predicted molar refractivity (Wildman–Crippen MR) is 65.0 cm³/mol. The van der Waals surface area contributed by atoms with Crippen molar-refractivity contribution in [2.75, 3.05) is 44.2 Å². The average molecular weight is 275 g/mol. The number of piperazine rings is 1. The van der Waals surface area contributed by atoms with Gasteiger partial charge in [0.15, 0.2) is 0 Å². The first-order valence-corrected chi connectivity index (χ1v) is 6.13. The van der Waals surface area contributed by atoms with Crippen molar-refractivity contribution in [3.8, 4) is 0 Å². The normalized spacial score (nSPS) is 17.8. The Labute approximate surface area is 109 Å². The number of aliphatic hydroxyl groups is 1. The first-order valence-electron chi connectivity index (χ1n) is 6.13. The molecule has 1 aromatic rings. The minimum absolute atomic E-state index is 0.0990. The third kappa shape index (κ3) is 3.57. The van der Waals surface area contributed by atoms with E-state index in [2.05, 4.69) is 9.88 Å². The molecule has 0 aliphatic carbocycles. The van der Waals surface area contributed by atoms with Crippen LogP contribution >= 0.6 is 0 Å². The maximum absolute atomic E-state index is 12.6. The second kappa shape index (κ2) is 5.75. The van der Waals surface area contributed by atoms with Gasteiger partial charge in [-0.1, -0.05) is 6.07 Å². The molecule has 0 saturated carbocycles. The van der Waals surface area contributed by atoms with Crippen LogP contribution in [-0.4, -0.2) is 54.3 Å². The van der Waals surface area contributed by atoms with Gasteiger partial charge in [-0.05, 0) is 12.1 Å². The Balaban J connectivity index is 2.03. The highest BCUT2D eigenvalue weighted by Gasteiger charge is 2.33. The van der Waals surface area contributed by atoms with E-state index in [9.17, 15) is 13.2 Å². The molecule has 1 aliphatic rings. The van der Waals surface area contributed by atoms with Crippen LogP contribution in [0.1, 0.15) is 5.69 Å². The molecule has 7 heteroatoms. The first kappa shape index (κ1) is 14.1. The van der Waals surface area contributed by atoms with Gasteiger partial charge in [-0.25, -0.2) is 4.98 Å². The number of hydrogen-bond donors (Lipinski definition) is 1. The van der Waals surface area contributed by atoms with Crippen molar-refractivity contribution in [1.29, 1.82) is 0 Å². The molecule has 1 fully saturated rings. The Hall–Kier alpha value is -1.34. The van der Waals surface area contributed by atoms with Crippen LogP contribution < -0.4 is 4.90 Å². The van der Waals surface area contributed by atoms with Crippen molar-refractivity contribution >= 4 is 5.82 Å². The van der Waals surface area contributed by atoms with Gasteiger partial charge in [-0.3, -0.25) is 4.90 Å². The number of hydrogen-bond acceptors (Lipinski definition) is 4. The van der Waals surface area contributed by atoms with E-state index in [4.69, 9.17) is 5.11 Å². The third-order valence-electron chi connectivity index (χ3n) is 3.14. The van der Waals surface area contributed by atoms with Crippen LogP contribution in [0.15, 0.2) is 18.2 Å². The van der Waals surface area contributed by atoms with E-state index in [-0.39, 0.29) is 6.61 Å². The van der Waals surface area contributed by atoms with Gasteiger partial charge in [-0.15, -0.1) is 0 Å². The van der Waals surface area contributed by atoms with E-state index in [1.54, 1.807) is 6.07 Å². The molecule has 0 atom stereocenters. The zero-order chi connectivity index (χ0) is 13.9. The summed E-state index contributed by atoms with van der Waals surface area (Å²) in [5.41, 5.74) is -0.859. The van der Waals surface area contributed by atoms with Crippen LogP contribution in [0.2, 0.25) is 0 Å². The Morgan fingerprint density at radius 3 is 2.42 bits per heavy atom. The zero-order valence-electron chi connectivity index (χ0n) is 10.4. The second-order valence-corrected chi connectivity index (χ2v) is 4.43. The fourth-order valence-corrected chi connectivity index (χ4v) is 2.10. The highest BCUT2D eigenvalue weighted by Crippen LogP contribution is 2.29. The van der Waals surface area contributed by atoms with Gasteiger partial charge in [0.05, 0.1) is 6.61 Å². The Kier molecular flexibility index (Phi) is 4.26. The van der Waals surface area contributed by atoms with Gasteiger partial charge in [0.25, 0.3) is 0 Å². The summed E-state index contributed by atoms with van der Waals surface area (Å²) in [4.78, 5) is 7.58. The van der Waals surface area contributed by atoms with E-state index < -0.39 is 11.9 Å². The molecular formula is C12H16F3N3O. The standard InChI is InChI=1S/C12H16F3N3O/c13-12(14,15)10-2-1-3-11(16-10)18-6-4-17(5-7-18)8-9-19/h1-3,19H,4-9H2. The summed E-state index contributed by atoms with van der Waals surface area (Å²) in [5, 5.41) is 8.83. The maximum Gasteiger partial charge on any atom is 0.433 e. The molecule has 2 rings (SSSR count). The Bertz CT molecular complexity index is 417. The number of pyridine rings is 1. The molecule has 1 saturated heterocycles. The van der Waals surface area contributed by atoms with Crippen molar-refractivity contribution in [2.24, 2.45) is 0 Å². The fraction of sp³-hybridized carbons (Fsp3) is 0.583. The van der Waals surface area contributed by atoms with Gasteiger partial charge >= 0.3 is 6.18 Å². The molecule has 19 heavy (non-hydrogen) atoms. The first-order chi connectivity index (χ1) is 9.00. The minimum atomic E-state index is -4.41. The maximum atomic E-state index is 12.6. The topological polar surface area (TPSA) is 39.6 Å². The molecule has 1 N–H and O–H groups in total. The molecular weight excluding hydrogens is 259 g/mol. The highest BCUT2D eigenvalue weighted by atomic mass is 19.4. The Morgan fingerprint density at radius 2 is 1.84 bits per heavy atom. The summed E-state index contributed by atoms with van der Waals surface area (Å²) < 4.78 is 37.7. The van der Waals surface area contributed by atoms with Crippen molar-refractivity contribution < 1.29 is 18.3 Å². The number of halogens is 3. The highest BCUT2D eigenvalue weighted by molar-refractivity contribution is 5.40. The molecule has 0 radical (unpaired) electrons. The summed E-state index contributed by atoms with van der Waals surface area (Å²) >= 11 is 0. The van der Waals surface area contributed by atoms with Crippen molar-refractivity contribution in [3.05, 3.63) is 23.9 Å². The minimum Gasteiger partial charge on any atom is -0.395 e. The van der Waals surface area contributed by atoms with E-state index in [0.717, 1.165) is 19.2 Å². The van der Waals surface area contributed by atoms with Crippen LogP contribution in [0.5, 0.6) is 0 Å². The van der Waals surface area contributed by atoms with Crippen LogP contribution in [0.4, 0.5) is 19.0 Å². The van der Waals surface area contributed by atoms with Gasteiger partial charge in [0, 0.05) is 32.7 Å². The largest absolute Gasteiger partial charge is 0.433 e. The molecule has 2 heterocycles. The molecule has 106 valence electrons. The van der Waals surface area contributed by atoms with Gasteiger partial charge in [-0.2, -0.15) is 13.2 Å². The second-order valence-electron chi connectivity index (χ2n) is 4.43. The molecule has 0 spiro atoms. The van der Waals surface area contributed by atoms with Crippen molar-refractivity contribution in [1.82, 2.24) is 9.88 Å². The van der Waals surface area contributed by atoms with Gasteiger partial charge in [0.2, 0.25) is 0 Å². The SMILES string of the molecule is OCCN1CCN(c2cccc(C(F)(F)F)n2)CC1. The monoisotopic (exact) mass is 275 g/mol. The lowest BCUT2D eigenvalue weighted by molar-refractivity contribution is -0.141. The van der Waals surface area contributed by atoms with E-state index in [1.807, 2.05) is 4.90 Å². The molecule has 0 bridgehead atoms. The van der Waals surface area contributed by atoms with Crippen LogP contribution in [0.25, 0.3) is 0 Å². The molecule has 4 nitrogen and oxygen atoms in total. The summed E-state index contributed by atoms with van der Waals surface area (Å²) in [6.07, 6.45) is -4.41. The fourth-order valence-electron chi connectivity index (χ4n) is 2.10. The lowest BCUT2D eigenvalue weighted by Crippen LogP contribution is -2.47. The number of rotatable bonds is 3. The molecule has 0 amide bonds. The molecule has 0 aromatic carbocycles. The average Bonchev–Trinajstić information content (AvgIpc) is 2.39. The third-order valence-corrected chi connectivity index (χ3v) is 3.14. The number of aromatic nitrogens is 1. The lowest BCUT2D eigenvalue weighted by atomic mass is 10.3. The summed E-state index contributed by atoms with van der Waals surface area (Å²) in [6, 6.07) is 3.95. The number of alkyl halides is 3. The Morgan fingerprint density at radius 1 is 1.16 bits per heavy atom. The quantitative estimate of drug-likeness (QED) is 0.900. The van der Waals surface area contributed by atoms with E-state index >= 15 is 0 Å². The lowest BCUT2D eigenvalue weighted by Gasteiger charge is -2.35. The van der Waals surface area contributed by atoms with Crippen LogP contribution in [-0.2, 0) is 6.18 Å². The summed E-state index contributed by atoms with van der Waals surface area (Å²) in [7, 11) is 0. The van der Waals surface area contributed by atoms with Crippen molar-refractivity contribution in [3.63, 3.8) is 0 Å². The van der Waals surface area contributed by atoms with Crippen LogP contribution in [0.3, 0.4) is 0 Å². The molecule has 1 aliphatic heterocycles. The molecule has 0 unspecified atom stereocenters. The number of nitrogens with zero attached hydrogens (tertiary/aromatic N) is 3. The van der Waals surface area contributed by atoms with Gasteiger partial charge < -0.3 is 10.0 Å². The number of β-amino-alcohol motifs (C(OH)–C–C–N with tert-alkyl or cyclic N) is 1. The van der Waals surface area contributed by atoms with Crippen molar-refractivity contribution in [2.45, 2.75) is 6.18 Å². The van der Waals surface area contributed by atoms with Gasteiger partial charge in [0.1, 0.15) is 11.5 Å². The zero-order valence-corrected chi connectivity index (χ0v) is 10.4. The molecule has 1 aromatic heterocycles. The van der Waals surface area contributed by atoms with E-state index in [0.29, 0.717) is 25.5 Å².